The predicted molar refractivity (Wildman–Crippen MR) is 60.5 cm³/mol. The quantitative estimate of drug-likeness (QED) is 0.746. The maximum absolute atomic E-state index is 11.2. The van der Waals surface area contributed by atoms with Crippen molar-refractivity contribution in [2.75, 3.05) is 11.6 Å². The van der Waals surface area contributed by atoms with Gasteiger partial charge in [-0.25, -0.2) is 0 Å². The van der Waals surface area contributed by atoms with Crippen LogP contribution in [-0.2, 0) is 4.79 Å². The molecule has 0 bridgehead atoms. The summed E-state index contributed by atoms with van der Waals surface area (Å²) in [7, 11) is 0. The summed E-state index contributed by atoms with van der Waals surface area (Å²) in [6.07, 6.45) is 2.01. The van der Waals surface area contributed by atoms with Crippen LogP contribution in [0.1, 0.15) is 6.92 Å². The van der Waals surface area contributed by atoms with Crippen molar-refractivity contribution in [2.45, 2.75) is 17.9 Å². The Morgan fingerprint density at radius 1 is 1.43 bits per heavy atom. The number of anilines is 1. The van der Waals surface area contributed by atoms with Crippen LogP contribution in [0, 0.1) is 0 Å². The fraction of sp³-hybridized carbons (Fsp3) is 0.300. The van der Waals surface area contributed by atoms with Gasteiger partial charge in [-0.05, 0) is 37.4 Å². The summed E-state index contributed by atoms with van der Waals surface area (Å²) in [4.78, 5) is 12.4. The van der Waals surface area contributed by atoms with Gasteiger partial charge in [-0.3, -0.25) is 4.79 Å². The van der Waals surface area contributed by atoms with Gasteiger partial charge in [-0.1, -0.05) is 0 Å². The smallest absolute Gasteiger partial charge is 0.240 e. The Morgan fingerprint density at radius 3 is 2.43 bits per heavy atom. The summed E-state index contributed by atoms with van der Waals surface area (Å²) < 4.78 is 0. The second-order valence-corrected chi connectivity index (χ2v) is 3.89. The molecule has 1 aromatic rings. The largest absolute Gasteiger partial charge is 0.325 e. The number of amides is 1. The molecule has 0 heterocycles. The second kappa shape index (κ2) is 5.02. The molecule has 0 aliphatic heterocycles. The summed E-state index contributed by atoms with van der Waals surface area (Å²) >= 11 is 1.67. The van der Waals surface area contributed by atoms with Gasteiger partial charge in [0.2, 0.25) is 5.91 Å². The number of hydrogen-bond acceptors (Lipinski definition) is 3. The van der Waals surface area contributed by atoms with Crippen molar-refractivity contribution in [3.8, 4) is 0 Å². The van der Waals surface area contributed by atoms with E-state index < -0.39 is 6.04 Å². The first-order valence-electron chi connectivity index (χ1n) is 4.34. The van der Waals surface area contributed by atoms with Gasteiger partial charge >= 0.3 is 0 Å². The van der Waals surface area contributed by atoms with Crippen molar-refractivity contribution >= 4 is 23.4 Å². The van der Waals surface area contributed by atoms with E-state index in [0.29, 0.717) is 0 Å². The average Bonchev–Trinajstić information content (AvgIpc) is 2.19. The number of nitrogens with two attached hydrogens (primary N) is 1. The molecule has 0 spiro atoms. The zero-order valence-corrected chi connectivity index (χ0v) is 9.10. The third kappa shape index (κ3) is 3.05. The highest BCUT2D eigenvalue weighted by Gasteiger charge is 2.06. The fourth-order valence-corrected chi connectivity index (χ4v) is 1.34. The van der Waals surface area contributed by atoms with Crippen LogP contribution in [0.4, 0.5) is 5.69 Å². The van der Waals surface area contributed by atoms with Crippen LogP contribution in [0.15, 0.2) is 29.2 Å². The number of thioether (sulfide) groups is 1. The molecule has 0 radical (unpaired) electrons. The normalized spacial score (nSPS) is 12.2. The molecule has 0 unspecified atom stereocenters. The Bertz CT molecular complexity index is 308. The highest BCUT2D eigenvalue weighted by Crippen LogP contribution is 2.17. The van der Waals surface area contributed by atoms with Gasteiger partial charge in [0.1, 0.15) is 0 Å². The highest BCUT2D eigenvalue weighted by atomic mass is 32.2. The van der Waals surface area contributed by atoms with E-state index >= 15 is 0 Å². The van der Waals surface area contributed by atoms with E-state index in [0.717, 1.165) is 5.69 Å². The summed E-state index contributed by atoms with van der Waals surface area (Å²) in [5.41, 5.74) is 6.21. The molecule has 0 aliphatic carbocycles. The highest BCUT2D eigenvalue weighted by molar-refractivity contribution is 7.98. The predicted octanol–water partition coefficient (Wildman–Crippen LogP) is 1.69. The first-order valence-corrected chi connectivity index (χ1v) is 5.56. The molecule has 0 aliphatic rings. The number of nitrogens with one attached hydrogen (secondary N) is 1. The molecule has 3 nitrogen and oxygen atoms in total. The number of hydrogen-bond donors (Lipinski definition) is 2. The Balaban J connectivity index is 2.64. The molecule has 1 aromatic carbocycles. The van der Waals surface area contributed by atoms with E-state index in [1.54, 1.807) is 18.7 Å². The summed E-state index contributed by atoms with van der Waals surface area (Å²) in [6, 6.07) is 7.18. The van der Waals surface area contributed by atoms with E-state index in [-0.39, 0.29) is 5.91 Å². The molecule has 1 atom stereocenters. The Morgan fingerprint density at radius 2 is 2.00 bits per heavy atom. The zero-order valence-electron chi connectivity index (χ0n) is 8.28. The van der Waals surface area contributed by atoms with Crippen LogP contribution in [-0.4, -0.2) is 18.2 Å². The lowest BCUT2D eigenvalue weighted by Gasteiger charge is -2.07. The first kappa shape index (κ1) is 11.1. The maximum atomic E-state index is 11.2. The van der Waals surface area contributed by atoms with E-state index in [1.807, 2.05) is 30.5 Å². The van der Waals surface area contributed by atoms with Gasteiger partial charge in [-0.15, -0.1) is 11.8 Å². The summed E-state index contributed by atoms with van der Waals surface area (Å²) in [6.45, 7) is 1.66. The van der Waals surface area contributed by atoms with E-state index in [4.69, 9.17) is 5.73 Å². The van der Waals surface area contributed by atoms with E-state index in [2.05, 4.69) is 5.32 Å². The van der Waals surface area contributed by atoms with Crippen molar-refractivity contribution in [3.63, 3.8) is 0 Å². The van der Waals surface area contributed by atoms with Gasteiger partial charge in [0.05, 0.1) is 6.04 Å². The summed E-state index contributed by atoms with van der Waals surface area (Å²) in [5.74, 6) is -0.165. The molecule has 4 heteroatoms. The minimum absolute atomic E-state index is 0.165. The van der Waals surface area contributed by atoms with Crippen LogP contribution in [0.2, 0.25) is 0 Å². The van der Waals surface area contributed by atoms with Gasteiger partial charge in [-0.2, -0.15) is 0 Å². The fourth-order valence-electron chi connectivity index (χ4n) is 0.930. The molecule has 0 aromatic heterocycles. The lowest BCUT2D eigenvalue weighted by atomic mass is 10.3. The molecule has 76 valence electrons. The molecule has 0 saturated carbocycles. The third-order valence-corrected chi connectivity index (χ3v) is 2.51. The van der Waals surface area contributed by atoms with Gasteiger partial charge in [0, 0.05) is 10.6 Å². The Hall–Kier alpha value is -1.00. The Kier molecular flexibility index (Phi) is 3.98. The number of rotatable bonds is 3. The minimum Gasteiger partial charge on any atom is -0.325 e. The van der Waals surface area contributed by atoms with E-state index in [9.17, 15) is 4.79 Å². The van der Waals surface area contributed by atoms with Gasteiger partial charge < -0.3 is 11.1 Å². The average molecular weight is 210 g/mol. The zero-order chi connectivity index (χ0) is 10.6. The number of carbonyl (C=O) groups is 1. The van der Waals surface area contributed by atoms with Crippen LogP contribution < -0.4 is 11.1 Å². The SMILES string of the molecule is CSc1ccc(NC(=O)[C@@H](C)N)cc1. The standard InChI is InChI=1S/C10H14N2OS/c1-7(11)10(13)12-8-3-5-9(14-2)6-4-8/h3-7H,11H2,1-2H3,(H,12,13)/t7-/m1/s1. The maximum Gasteiger partial charge on any atom is 0.240 e. The van der Waals surface area contributed by atoms with Gasteiger partial charge in [0.25, 0.3) is 0 Å². The number of benzene rings is 1. The van der Waals surface area contributed by atoms with Crippen molar-refractivity contribution in [2.24, 2.45) is 5.73 Å². The third-order valence-electron chi connectivity index (χ3n) is 1.77. The van der Waals surface area contributed by atoms with E-state index in [1.165, 1.54) is 4.90 Å². The van der Waals surface area contributed by atoms with Crippen molar-refractivity contribution < 1.29 is 4.79 Å². The van der Waals surface area contributed by atoms with Crippen LogP contribution >= 0.6 is 11.8 Å². The molecule has 0 saturated heterocycles. The minimum atomic E-state index is -0.477. The Labute approximate surface area is 88.1 Å². The molecular weight excluding hydrogens is 196 g/mol. The van der Waals surface area contributed by atoms with Crippen molar-refractivity contribution in [1.29, 1.82) is 0 Å². The van der Waals surface area contributed by atoms with Crippen LogP contribution in [0.5, 0.6) is 0 Å². The van der Waals surface area contributed by atoms with Crippen LogP contribution in [0.3, 0.4) is 0 Å². The topological polar surface area (TPSA) is 55.1 Å². The number of carbonyl (C=O) groups excluding carboxylic acids is 1. The van der Waals surface area contributed by atoms with Crippen molar-refractivity contribution in [1.82, 2.24) is 0 Å². The van der Waals surface area contributed by atoms with Gasteiger partial charge in [0.15, 0.2) is 0 Å². The van der Waals surface area contributed by atoms with Crippen molar-refractivity contribution in [3.05, 3.63) is 24.3 Å². The lowest BCUT2D eigenvalue weighted by Crippen LogP contribution is -2.32. The first-order chi connectivity index (χ1) is 6.63. The monoisotopic (exact) mass is 210 g/mol. The molecule has 1 rings (SSSR count). The molecule has 3 N–H and O–H groups in total. The molecule has 14 heavy (non-hydrogen) atoms. The van der Waals surface area contributed by atoms with Crippen LogP contribution in [0.25, 0.3) is 0 Å². The molecule has 0 fully saturated rings. The lowest BCUT2D eigenvalue weighted by molar-refractivity contribution is -0.117. The summed E-state index contributed by atoms with van der Waals surface area (Å²) in [5, 5.41) is 2.72. The second-order valence-electron chi connectivity index (χ2n) is 3.01. The molecular formula is C10H14N2OS. The molecule has 1 amide bonds.